The lowest BCUT2D eigenvalue weighted by atomic mass is 10.1. The summed E-state index contributed by atoms with van der Waals surface area (Å²) in [7, 11) is 0. The number of allylic oxidation sites excluding steroid dienone is 2. The highest BCUT2D eigenvalue weighted by molar-refractivity contribution is 5.70. The van der Waals surface area contributed by atoms with Gasteiger partial charge >= 0.3 is 5.97 Å². The second kappa shape index (κ2) is 4.16. The van der Waals surface area contributed by atoms with Crippen LogP contribution in [0.5, 0.6) is 0 Å². The van der Waals surface area contributed by atoms with E-state index in [1.165, 1.54) is 0 Å². The maximum absolute atomic E-state index is 10.9. The van der Waals surface area contributed by atoms with Gasteiger partial charge in [-0.15, -0.1) is 0 Å². The number of carbonyl (C=O) groups is 1. The minimum atomic E-state index is -0.0715. The van der Waals surface area contributed by atoms with Crippen LogP contribution in [0, 0.1) is 0 Å². The first-order valence-electron chi connectivity index (χ1n) is 4.22. The second-order valence-corrected chi connectivity index (χ2v) is 2.79. The summed E-state index contributed by atoms with van der Waals surface area (Å²) in [6.07, 6.45) is 6.52. The van der Waals surface area contributed by atoms with Crippen LogP contribution in [0.4, 0.5) is 0 Å². The maximum atomic E-state index is 10.9. The van der Waals surface area contributed by atoms with Gasteiger partial charge in [-0.05, 0) is 18.9 Å². The van der Waals surface area contributed by atoms with Crippen LogP contribution in [0.1, 0.15) is 39.0 Å². The highest BCUT2D eigenvalue weighted by Gasteiger charge is 2.10. The number of hydrogen-bond donors (Lipinski definition) is 0. The van der Waals surface area contributed by atoms with Crippen LogP contribution >= 0.6 is 0 Å². The van der Waals surface area contributed by atoms with E-state index in [1.54, 1.807) is 0 Å². The molecule has 0 aliphatic heterocycles. The largest absolute Gasteiger partial charge is 0.431 e. The molecule has 2 nitrogen and oxygen atoms in total. The third-order valence-electron chi connectivity index (χ3n) is 1.74. The van der Waals surface area contributed by atoms with Gasteiger partial charge < -0.3 is 4.74 Å². The van der Waals surface area contributed by atoms with E-state index in [9.17, 15) is 4.79 Å². The highest BCUT2D eigenvalue weighted by Crippen LogP contribution is 2.19. The van der Waals surface area contributed by atoms with Gasteiger partial charge in [-0.1, -0.05) is 13.3 Å². The zero-order valence-corrected chi connectivity index (χ0v) is 6.93. The summed E-state index contributed by atoms with van der Waals surface area (Å²) in [6.45, 7) is 2.07. The Morgan fingerprint density at radius 1 is 1.73 bits per heavy atom. The summed E-state index contributed by atoms with van der Waals surface area (Å²) in [5.74, 6) is 0.795. The number of unbranched alkanes of at least 4 members (excludes halogenated alkanes) is 1. The quantitative estimate of drug-likeness (QED) is 0.581. The van der Waals surface area contributed by atoms with Crippen molar-refractivity contribution < 1.29 is 9.53 Å². The van der Waals surface area contributed by atoms with E-state index < -0.39 is 0 Å². The van der Waals surface area contributed by atoms with Crippen LogP contribution < -0.4 is 0 Å². The average Bonchev–Trinajstić information content (AvgIpc) is 1.93. The molecular formula is C9H14O2. The van der Waals surface area contributed by atoms with Crippen LogP contribution in [0.3, 0.4) is 0 Å². The van der Waals surface area contributed by atoms with Crippen LogP contribution in [0.15, 0.2) is 11.8 Å². The molecule has 0 saturated carbocycles. The Morgan fingerprint density at radius 2 is 2.45 bits per heavy atom. The molecule has 2 heteroatoms. The fraction of sp³-hybridized carbons (Fsp3) is 0.667. The number of ether oxygens (including phenoxy) is 1. The van der Waals surface area contributed by atoms with Crippen molar-refractivity contribution in [1.29, 1.82) is 0 Å². The average molecular weight is 154 g/mol. The Balaban J connectivity index is 2.10. The first-order valence-corrected chi connectivity index (χ1v) is 4.22. The molecule has 0 atom stereocenters. The fourth-order valence-electron chi connectivity index (χ4n) is 0.873. The third kappa shape index (κ3) is 2.74. The molecule has 0 aromatic rings. The smallest absolute Gasteiger partial charge is 0.310 e. The van der Waals surface area contributed by atoms with E-state index in [4.69, 9.17) is 4.74 Å². The number of carbonyl (C=O) groups excluding carboxylic acids is 1. The molecule has 0 radical (unpaired) electrons. The van der Waals surface area contributed by atoms with Crippen LogP contribution in [0.25, 0.3) is 0 Å². The zero-order chi connectivity index (χ0) is 8.10. The molecule has 1 rings (SSSR count). The van der Waals surface area contributed by atoms with Crippen molar-refractivity contribution in [1.82, 2.24) is 0 Å². The van der Waals surface area contributed by atoms with Gasteiger partial charge in [0, 0.05) is 12.8 Å². The Morgan fingerprint density at radius 3 is 2.91 bits per heavy atom. The van der Waals surface area contributed by atoms with Gasteiger partial charge in [-0.2, -0.15) is 0 Å². The predicted octanol–water partition coefficient (Wildman–Crippen LogP) is 2.40. The van der Waals surface area contributed by atoms with Crippen LogP contribution in [0.2, 0.25) is 0 Å². The Labute approximate surface area is 67.2 Å². The van der Waals surface area contributed by atoms with E-state index in [0.717, 1.165) is 31.4 Å². The minimum absolute atomic E-state index is 0.0715. The van der Waals surface area contributed by atoms with E-state index >= 15 is 0 Å². The van der Waals surface area contributed by atoms with Gasteiger partial charge in [0.1, 0.15) is 5.76 Å². The molecule has 0 saturated heterocycles. The Bertz CT molecular complexity index is 170. The highest BCUT2D eigenvalue weighted by atomic mass is 16.5. The molecular weight excluding hydrogens is 140 g/mol. The second-order valence-electron chi connectivity index (χ2n) is 2.79. The lowest BCUT2D eigenvalue weighted by Crippen LogP contribution is -2.07. The molecule has 0 bridgehead atoms. The first kappa shape index (κ1) is 8.31. The van der Waals surface area contributed by atoms with Crippen LogP contribution in [-0.4, -0.2) is 5.97 Å². The Kier molecular flexibility index (Phi) is 3.14. The molecule has 11 heavy (non-hydrogen) atoms. The van der Waals surface area contributed by atoms with Crippen LogP contribution in [-0.2, 0) is 9.53 Å². The lowest BCUT2D eigenvalue weighted by Gasteiger charge is -2.13. The fourth-order valence-corrected chi connectivity index (χ4v) is 0.873. The molecule has 0 amide bonds. The van der Waals surface area contributed by atoms with Gasteiger partial charge in [0.05, 0.1) is 0 Å². The molecule has 0 unspecified atom stereocenters. The summed E-state index contributed by atoms with van der Waals surface area (Å²) in [6, 6.07) is 0. The van der Waals surface area contributed by atoms with Crippen molar-refractivity contribution in [2.24, 2.45) is 0 Å². The summed E-state index contributed by atoms with van der Waals surface area (Å²) < 4.78 is 5.01. The molecule has 0 aromatic heterocycles. The molecule has 1 aliphatic carbocycles. The van der Waals surface area contributed by atoms with Crippen molar-refractivity contribution in [3.05, 3.63) is 11.8 Å². The van der Waals surface area contributed by atoms with Gasteiger partial charge in [0.25, 0.3) is 0 Å². The molecule has 0 spiro atoms. The maximum Gasteiger partial charge on any atom is 0.310 e. The van der Waals surface area contributed by atoms with E-state index in [1.807, 2.05) is 6.08 Å². The predicted molar refractivity (Wildman–Crippen MR) is 42.9 cm³/mol. The number of esters is 1. The van der Waals surface area contributed by atoms with Gasteiger partial charge in [-0.3, -0.25) is 4.79 Å². The topological polar surface area (TPSA) is 26.3 Å². The van der Waals surface area contributed by atoms with Crippen molar-refractivity contribution in [2.75, 3.05) is 0 Å². The standard InChI is InChI=1S/C9H14O2/c1-2-3-7-9(10)11-8-5-4-6-8/h5H,2-4,6-7H2,1H3. The third-order valence-corrected chi connectivity index (χ3v) is 1.74. The summed E-state index contributed by atoms with van der Waals surface area (Å²) in [5.41, 5.74) is 0. The summed E-state index contributed by atoms with van der Waals surface area (Å²) in [4.78, 5) is 10.9. The molecule has 0 fully saturated rings. The van der Waals surface area contributed by atoms with Gasteiger partial charge in [-0.25, -0.2) is 0 Å². The number of hydrogen-bond acceptors (Lipinski definition) is 2. The zero-order valence-electron chi connectivity index (χ0n) is 6.93. The minimum Gasteiger partial charge on any atom is -0.431 e. The monoisotopic (exact) mass is 154 g/mol. The van der Waals surface area contributed by atoms with Crippen molar-refractivity contribution >= 4 is 5.97 Å². The van der Waals surface area contributed by atoms with E-state index in [0.29, 0.717) is 6.42 Å². The van der Waals surface area contributed by atoms with Crippen molar-refractivity contribution in [3.8, 4) is 0 Å². The first-order chi connectivity index (χ1) is 5.33. The molecule has 0 N–H and O–H groups in total. The van der Waals surface area contributed by atoms with Gasteiger partial charge in [0.15, 0.2) is 0 Å². The van der Waals surface area contributed by atoms with Crippen molar-refractivity contribution in [3.63, 3.8) is 0 Å². The van der Waals surface area contributed by atoms with Crippen molar-refractivity contribution in [2.45, 2.75) is 39.0 Å². The molecule has 0 aromatic carbocycles. The molecule has 62 valence electrons. The Hall–Kier alpha value is -0.790. The number of rotatable bonds is 4. The van der Waals surface area contributed by atoms with Gasteiger partial charge in [0.2, 0.25) is 0 Å². The van der Waals surface area contributed by atoms with E-state index in [2.05, 4.69) is 6.92 Å². The summed E-state index contributed by atoms with van der Waals surface area (Å²) >= 11 is 0. The summed E-state index contributed by atoms with van der Waals surface area (Å²) in [5, 5.41) is 0. The SMILES string of the molecule is CCCCC(=O)OC1=CCC1. The lowest BCUT2D eigenvalue weighted by molar-refractivity contribution is -0.140. The normalized spacial score (nSPS) is 15.2. The molecule has 0 heterocycles. The van der Waals surface area contributed by atoms with E-state index in [-0.39, 0.29) is 5.97 Å². The molecule has 1 aliphatic rings.